The summed E-state index contributed by atoms with van der Waals surface area (Å²) in [5, 5.41) is 1.37. The molecule has 1 nitrogen and oxygen atoms in total. The van der Waals surface area contributed by atoms with Crippen molar-refractivity contribution < 1.29 is 0 Å². The van der Waals surface area contributed by atoms with E-state index in [2.05, 4.69) is 31.2 Å². The van der Waals surface area contributed by atoms with E-state index < -0.39 is 0 Å². The minimum absolute atomic E-state index is 1.13. The van der Waals surface area contributed by atoms with Crippen molar-refractivity contribution in [2.45, 2.75) is 45.4 Å². The van der Waals surface area contributed by atoms with Crippen LogP contribution in [0.2, 0.25) is 0 Å². The van der Waals surface area contributed by atoms with Gasteiger partial charge in [0.2, 0.25) is 0 Å². The maximum atomic E-state index is 4.88. The summed E-state index contributed by atoms with van der Waals surface area (Å²) in [6.07, 6.45) is 7.53. The Labute approximate surface area is 103 Å². The molecule has 1 heterocycles. The van der Waals surface area contributed by atoms with Gasteiger partial charge in [-0.1, -0.05) is 31.5 Å². The summed E-state index contributed by atoms with van der Waals surface area (Å²) in [5.74, 6) is 0. The molecule has 0 N–H and O–H groups in total. The topological polar surface area (TPSA) is 12.9 Å². The highest BCUT2D eigenvalue weighted by Gasteiger charge is 2.15. The molecule has 1 heteroatoms. The summed E-state index contributed by atoms with van der Waals surface area (Å²) in [4.78, 5) is 4.88. The van der Waals surface area contributed by atoms with Crippen LogP contribution in [0.4, 0.5) is 0 Å². The molecule has 17 heavy (non-hydrogen) atoms. The van der Waals surface area contributed by atoms with E-state index in [1.165, 1.54) is 48.7 Å². The Morgan fingerprint density at radius 2 is 1.88 bits per heavy atom. The summed E-state index contributed by atoms with van der Waals surface area (Å²) in [7, 11) is 0. The van der Waals surface area contributed by atoms with Crippen LogP contribution in [0.25, 0.3) is 10.9 Å². The molecule has 0 unspecified atom stereocenters. The molecular weight excluding hydrogens is 206 g/mol. The number of nitrogens with zero attached hydrogens (tertiary/aromatic N) is 1. The number of para-hydroxylation sites is 1. The average molecular weight is 225 g/mol. The first-order valence-corrected chi connectivity index (χ1v) is 6.79. The lowest BCUT2D eigenvalue weighted by atomic mass is 9.95. The van der Waals surface area contributed by atoms with Gasteiger partial charge in [-0.05, 0) is 49.3 Å². The molecule has 0 amide bonds. The minimum Gasteiger partial charge on any atom is -0.253 e. The molecule has 0 bridgehead atoms. The lowest BCUT2D eigenvalue weighted by molar-refractivity contribution is 0.708. The van der Waals surface area contributed by atoms with Crippen molar-refractivity contribution >= 4 is 10.9 Å². The molecule has 0 saturated heterocycles. The lowest BCUT2D eigenvalue weighted by Gasteiger charge is -2.14. The molecule has 1 aromatic heterocycles. The highest BCUT2D eigenvalue weighted by atomic mass is 14.7. The van der Waals surface area contributed by atoms with Gasteiger partial charge in [0.15, 0.2) is 0 Å². The first-order valence-electron chi connectivity index (χ1n) is 6.79. The van der Waals surface area contributed by atoms with Crippen LogP contribution in [0, 0.1) is 0 Å². The van der Waals surface area contributed by atoms with E-state index in [1.807, 2.05) is 0 Å². The van der Waals surface area contributed by atoms with Crippen molar-refractivity contribution in [2.75, 3.05) is 0 Å². The Balaban J connectivity index is 2.30. The van der Waals surface area contributed by atoms with Crippen molar-refractivity contribution in [3.63, 3.8) is 0 Å². The van der Waals surface area contributed by atoms with Gasteiger partial charge in [-0.2, -0.15) is 0 Å². The van der Waals surface area contributed by atoms with E-state index in [4.69, 9.17) is 4.98 Å². The highest BCUT2D eigenvalue weighted by Crippen LogP contribution is 2.28. The summed E-state index contributed by atoms with van der Waals surface area (Å²) in [6, 6.07) is 8.61. The van der Waals surface area contributed by atoms with Crippen molar-refractivity contribution in [2.24, 2.45) is 0 Å². The molecule has 0 fully saturated rings. The SMILES string of the molecule is CCc1c2c(nc3ccccc13)CCCCC2. The monoisotopic (exact) mass is 225 g/mol. The second-order valence-corrected chi connectivity index (χ2v) is 4.95. The Morgan fingerprint density at radius 3 is 2.76 bits per heavy atom. The third-order valence-corrected chi connectivity index (χ3v) is 3.89. The number of pyridine rings is 1. The zero-order valence-electron chi connectivity index (χ0n) is 10.5. The zero-order valence-corrected chi connectivity index (χ0v) is 10.5. The molecule has 0 spiro atoms. The van der Waals surface area contributed by atoms with Crippen LogP contribution in [0.5, 0.6) is 0 Å². The van der Waals surface area contributed by atoms with Gasteiger partial charge in [-0.3, -0.25) is 4.98 Å². The number of aromatic nitrogens is 1. The predicted molar refractivity (Wildman–Crippen MR) is 72.4 cm³/mol. The van der Waals surface area contributed by atoms with E-state index in [1.54, 1.807) is 11.1 Å². The largest absolute Gasteiger partial charge is 0.253 e. The van der Waals surface area contributed by atoms with Gasteiger partial charge in [0, 0.05) is 11.1 Å². The van der Waals surface area contributed by atoms with Crippen molar-refractivity contribution in [1.82, 2.24) is 4.98 Å². The van der Waals surface area contributed by atoms with Gasteiger partial charge in [0.05, 0.1) is 5.52 Å². The third kappa shape index (κ3) is 1.84. The third-order valence-electron chi connectivity index (χ3n) is 3.89. The van der Waals surface area contributed by atoms with E-state index >= 15 is 0 Å². The summed E-state index contributed by atoms with van der Waals surface area (Å²) in [6.45, 7) is 2.27. The molecule has 2 aromatic rings. The fourth-order valence-corrected chi connectivity index (χ4v) is 3.05. The normalized spacial score (nSPS) is 15.6. The lowest BCUT2D eigenvalue weighted by Crippen LogP contribution is -2.02. The minimum atomic E-state index is 1.13. The Kier molecular flexibility index (Phi) is 2.84. The van der Waals surface area contributed by atoms with Crippen LogP contribution < -0.4 is 0 Å². The Hall–Kier alpha value is -1.37. The molecule has 3 rings (SSSR count). The van der Waals surface area contributed by atoms with Crippen LogP contribution >= 0.6 is 0 Å². The van der Waals surface area contributed by atoms with Gasteiger partial charge in [0.25, 0.3) is 0 Å². The van der Waals surface area contributed by atoms with E-state index in [-0.39, 0.29) is 0 Å². The predicted octanol–water partition coefficient (Wildman–Crippen LogP) is 4.07. The second kappa shape index (κ2) is 4.48. The maximum absolute atomic E-state index is 4.88. The van der Waals surface area contributed by atoms with Crippen LogP contribution in [0.15, 0.2) is 24.3 Å². The van der Waals surface area contributed by atoms with Gasteiger partial charge in [0.1, 0.15) is 0 Å². The van der Waals surface area contributed by atoms with E-state index in [0.29, 0.717) is 0 Å². The molecule has 1 aliphatic rings. The Morgan fingerprint density at radius 1 is 1.06 bits per heavy atom. The fourth-order valence-electron chi connectivity index (χ4n) is 3.05. The average Bonchev–Trinajstić information content (AvgIpc) is 2.60. The number of hydrogen-bond acceptors (Lipinski definition) is 1. The molecule has 88 valence electrons. The van der Waals surface area contributed by atoms with Crippen LogP contribution in [-0.4, -0.2) is 4.98 Å². The van der Waals surface area contributed by atoms with E-state index in [0.717, 1.165) is 6.42 Å². The molecule has 0 saturated carbocycles. The molecular formula is C16H19N. The molecule has 0 radical (unpaired) electrons. The smallest absolute Gasteiger partial charge is 0.0708 e. The van der Waals surface area contributed by atoms with Gasteiger partial charge >= 0.3 is 0 Å². The molecule has 1 aromatic carbocycles. The number of fused-ring (bicyclic) bond motifs is 2. The summed E-state index contributed by atoms with van der Waals surface area (Å²) in [5.41, 5.74) is 5.67. The van der Waals surface area contributed by atoms with E-state index in [9.17, 15) is 0 Å². The van der Waals surface area contributed by atoms with Crippen molar-refractivity contribution in [1.29, 1.82) is 0 Å². The maximum Gasteiger partial charge on any atom is 0.0708 e. The zero-order chi connectivity index (χ0) is 11.7. The first-order chi connectivity index (χ1) is 8.40. The standard InChI is InChI=1S/C16H19N/c1-2-12-13-8-4-3-5-10-15(13)17-16-11-7-6-9-14(12)16/h6-7,9,11H,2-5,8,10H2,1H3. The first kappa shape index (κ1) is 10.8. The van der Waals surface area contributed by atoms with Gasteiger partial charge in [-0.15, -0.1) is 0 Å². The number of hydrogen-bond donors (Lipinski definition) is 0. The van der Waals surface area contributed by atoms with Crippen molar-refractivity contribution in [3.8, 4) is 0 Å². The Bertz CT molecular complexity index is 542. The molecule has 1 aliphatic carbocycles. The van der Waals surface area contributed by atoms with Gasteiger partial charge in [-0.25, -0.2) is 0 Å². The number of rotatable bonds is 1. The quantitative estimate of drug-likeness (QED) is 0.667. The fraction of sp³-hybridized carbons (Fsp3) is 0.438. The van der Waals surface area contributed by atoms with Crippen LogP contribution in [0.1, 0.15) is 43.0 Å². The molecule has 0 atom stereocenters. The highest BCUT2D eigenvalue weighted by molar-refractivity contribution is 5.83. The number of benzene rings is 1. The van der Waals surface area contributed by atoms with Crippen LogP contribution in [0.3, 0.4) is 0 Å². The second-order valence-electron chi connectivity index (χ2n) is 4.95. The molecule has 0 aliphatic heterocycles. The summed E-state index contributed by atoms with van der Waals surface area (Å²) >= 11 is 0. The number of aryl methyl sites for hydroxylation is 2. The van der Waals surface area contributed by atoms with Crippen molar-refractivity contribution in [3.05, 3.63) is 41.1 Å². The van der Waals surface area contributed by atoms with Gasteiger partial charge < -0.3 is 0 Å². The summed E-state index contributed by atoms with van der Waals surface area (Å²) < 4.78 is 0. The van der Waals surface area contributed by atoms with Crippen LogP contribution in [-0.2, 0) is 19.3 Å².